The second-order valence-electron chi connectivity index (χ2n) is 10.9. The summed E-state index contributed by atoms with van der Waals surface area (Å²) in [5.41, 5.74) is 3.68. The molecule has 1 aromatic carbocycles. The highest BCUT2D eigenvalue weighted by Gasteiger charge is 2.47. The molecule has 3 amide bonds. The van der Waals surface area contributed by atoms with Crippen LogP contribution in [0.15, 0.2) is 29.2 Å². The van der Waals surface area contributed by atoms with Crippen molar-refractivity contribution in [1.82, 2.24) is 9.80 Å². The van der Waals surface area contributed by atoms with Gasteiger partial charge in [0, 0.05) is 13.1 Å². The van der Waals surface area contributed by atoms with Gasteiger partial charge in [0.1, 0.15) is 29.8 Å². The number of benzene rings is 1. The van der Waals surface area contributed by atoms with Gasteiger partial charge < -0.3 is 40.0 Å². The molecule has 2 atom stereocenters. The Labute approximate surface area is 227 Å². The van der Waals surface area contributed by atoms with Gasteiger partial charge in [-0.3, -0.25) is 4.79 Å². The number of rotatable bonds is 9. The summed E-state index contributed by atoms with van der Waals surface area (Å²) in [6, 6.07) is 5.07. The molecular formula is C25H37N3O10S. The van der Waals surface area contributed by atoms with E-state index in [1.165, 1.54) is 34.1 Å². The molecule has 1 unspecified atom stereocenters. The van der Waals surface area contributed by atoms with Crippen molar-refractivity contribution in [2.45, 2.75) is 68.3 Å². The van der Waals surface area contributed by atoms with Crippen molar-refractivity contribution in [3.63, 3.8) is 0 Å². The van der Waals surface area contributed by atoms with E-state index < -0.39 is 57.0 Å². The number of piperidine rings is 1. The first-order valence-corrected chi connectivity index (χ1v) is 14.3. The minimum absolute atomic E-state index is 0.139. The summed E-state index contributed by atoms with van der Waals surface area (Å²) in [6.07, 6.45) is -1.30. The number of ether oxygens (including phenoxy) is 3. The highest BCUT2D eigenvalue weighted by atomic mass is 32.2. The maximum absolute atomic E-state index is 13.1. The Kier molecular flexibility index (Phi) is 9.34. The van der Waals surface area contributed by atoms with E-state index in [9.17, 15) is 33.0 Å². The molecule has 0 aliphatic carbocycles. The van der Waals surface area contributed by atoms with Crippen LogP contribution in [0.3, 0.4) is 0 Å². The van der Waals surface area contributed by atoms with Crippen molar-refractivity contribution in [2.75, 3.05) is 38.6 Å². The van der Waals surface area contributed by atoms with Gasteiger partial charge in [-0.25, -0.2) is 18.0 Å². The molecule has 2 fully saturated rings. The third kappa shape index (κ3) is 8.44. The summed E-state index contributed by atoms with van der Waals surface area (Å²) in [7, 11) is -3.94. The zero-order chi connectivity index (χ0) is 29.0. The Morgan fingerprint density at radius 3 is 2.51 bits per heavy atom. The molecule has 0 saturated carbocycles. The van der Waals surface area contributed by atoms with E-state index in [2.05, 4.69) is 0 Å². The minimum atomic E-state index is -3.94. The molecule has 1 aromatic rings. The number of primary amides is 1. The number of nitrogens with zero attached hydrogens (tertiary/aromatic N) is 2. The van der Waals surface area contributed by atoms with Crippen LogP contribution in [-0.2, 0) is 24.1 Å². The maximum Gasteiger partial charge on any atom is 0.410 e. The Hall–Kier alpha value is -3.10. The number of carboxylic acid groups (broad SMARTS) is 1. The number of carbonyl (C=O) groups is 3. The van der Waals surface area contributed by atoms with E-state index in [0.29, 0.717) is 32.4 Å². The predicted molar refractivity (Wildman–Crippen MR) is 138 cm³/mol. The fourth-order valence-electron chi connectivity index (χ4n) is 4.67. The highest BCUT2D eigenvalue weighted by molar-refractivity contribution is 7.92. The van der Waals surface area contributed by atoms with Crippen LogP contribution in [0.25, 0.3) is 0 Å². The van der Waals surface area contributed by atoms with Crippen LogP contribution in [0, 0.1) is 0 Å². The number of amides is 3. The van der Waals surface area contributed by atoms with E-state index in [1.54, 1.807) is 20.8 Å². The van der Waals surface area contributed by atoms with Gasteiger partial charge in [-0.2, -0.15) is 0 Å². The molecule has 0 bridgehead atoms. The fraction of sp³-hybridized carbons (Fsp3) is 0.640. The molecule has 14 heteroatoms. The number of nitrogens with two attached hydrogens (primary N) is 1. The lowest BCUT2D eigenvalue weighted by atomic mass is 9.87. The number of likely N-dealkylation sites (tertiary alicyclic amines) is 1. The minimum Gasteiger partial charge on any atom is -0.491 e. The molecule has 4 N–H and O–H groups in total. The van der Waals surface area contributed by atoms with E-state index >= 15 is 0 Å². The van der Waals surface area contributed by atoms with Crippen molar-refractivity contribution in [3.8, 4) is 5.75 Å². The van der Waals surface area contributed by atoms with Gasteiger partial charge in [0.05, 0.1) is 29.7 Å². The molecule has 218 valence electrons. The lowest BCUT2D eigenvalue weighted by Gasteiger charge is -2.38. The van der Waals surface area contributed by atoms with E-state index in [1.807, 2.05) is 0 Å². The average molecular weight is 572 g/mol. The number of carbonyl (C=O) groups excluding carboxylic acids is 2. The fourth-order valence-corrected chi connectivity index (χ4v) is 5.79. The van der Waals surface area contributed by atoms with E-state index in [4.69, 9.17) is 19.9 Å². The SMILES string of the molecule is CC(C)(C)OC(=O)N(C[C@H](O)COc1cccc(S(=O)(=O)CC(N)=O)c1)C1COC2(CCN(C(=O)O)CC2)C1. The predicted octanol–water partition coefficient (Wildman–Crippen LogP) is 1.22. The largest absolute Gasteiger partial charge is 0.491 e. The number of sulfone groups is 1. The Balaban J connectivity index is 1.67. The summed E-state index contributed by atoms with van der Waals surface area (Å²) in [6.45, 7) is 5.67. The van der Waals surface area contributed by atoms with Gasteiger partial charge >= 0.3 is 12.2 Å². The summed E-state index contributed by atoms with van der Waals surface area (Å²) < 4.78 is 41.8. The number of hydrogen-bond donors (Lipinski definition) is 3. The van der Waals surface area contributed by atoms with Crippen molar-refractivity contribution >= 4 is 27.9 Å². The highest BCUT2D eigenvalue weighted by Crippen LogP contribution is 2.38. The molecule has 2 saturated heterocycles. The molecule has 3 rings (SSSR count). The van der Waals surface area contributed by atoms with E-state index in [0.717, 1.165) is 0 Å². The van der Waals surface area contributed by atoms with Crippen molar-refractivity contribution in [1.29, 1.82) is 0 Å². The summed E-state index contributed by atoms with van der Waals surface area (Å²) in [5, 5.41) is 20.0. The normalized spacial score (nSPS) is 19.9. The zero-order valence-corrected chi connectivity index (χ0v) is 23.2. The van der Waals surface area contributed by atoms with Crippen LogP contribution < -0.4 is 10.5 Å². The van der Waals surface area contributed by atoms with Crippen LogP contribution in [-0.4, -0.2) is 108 Å². The zero-order valence-electron chi connectivity index (χ0n) is 22.4. The second-order valence-corrected chi connectivity index (χ2v) is 12.9. The number of aliphatic hydroxyl groups excluding tert-OH is 1. The van der Waals surface area contributed by atoms with E-state index in [-0.39, 0.29) is 30.4 Å². The van der Waals surface area contributed by atoms with Crippen LogP contribution >= 0.6 is 0 Å². The Morgan fingerprint density at radius 2 is 1.92 bits per heavy atom. The molecule has 39 heavy (non-hydrogen) atoms. The van der Waals surface area contributed by atoms with Gasteiger partial charge in [-0.05, 0) is 58.2 Å². The van der Waals surface area contributed by atoms with Gasteiger partial charge in [-0.15, -0.1) is 0 Å². The quantitative estimate of drug-likeness (QED) is 0.389. The summed E-state index contributed by atoms with van der Waals surface area (Å²) in [4.78, 5) is 38.1. The van der Waals surface area contributed by atoms with Crippen LogP contribution in [0.4, 0.5) is 9.59 Å². The van der Waals surface area contributed by atoms with Crippen molar-refractivity contribution < 1.29 is 47.2 Å². The number of aliphatic hydroxyl groups is 1. The monoisotopic (exact) mass is 571 g/mol. The van der Waals surface area contributed by atoms with Gasteiger partial charge in [-0.1, -0.05) is 6.07 Å². The summed E-state index contributed by atoms with van der Waals surface area (Å²) >= 11 is 0. The first-order valence-electron chi connectivity index (χ1n) is 12.6. The lowest BCUT2D eigenvalue weighted by molar-refractivity contribution is -0.115. The third-order valence-corrected chi connectivity index (χ3v) is 8.19. The topological polar surface area (TPSA) is 186 Å². The molecule has 13 nitrogen and oxygen atoms in total. The van der Waals surface area contributed by atoms with Gasteiger partial charge in [0.25, 0.3) is 0 Å². The van der Waals surface area contributed by atoms with Gasteiger partial charge in [0.2, 0.25) is 5.91 Å². The first-order chi connectivity index (χ1) is 18.1. The van der Waals surface area contributed by atoms with Gasteiger partial charge in [0.15, 0.2) is 9.84 Å². The smallest absolute Gasteiger partial charge is 0.410 e. The molecule has 1 spiro atoms. The molecule has 0 radical (unpaired) electrons. The molecule has 0 aromatic heterocycles. The molecule has 2 aliphatic rings. The second kappa shape index (κ2) is 12.0. The lowest BCUT2D eigenvalue weighted by Crippen LogP contribution is -2.50. The Bertz CT molecular complexity index is 1160. The maximum atomic E-state index is 13.1. The summed E-state index contributed by atoms with van der Waals surface area (Å²) in [5.74, 6) is -1.68. The average Bonchev–Trinajstić information content (AvgIpc) is 3.22. The third-order valence-electron chi connectivity index (χ3n) is 6.55. The molecular weight excluding hydrogens is 534 g/mol. The molecule has 2 aliphatic heterocycles. The number of hydrogen-bond acceptors (Lipinski definition) is 9. The van der Waals surface area contributed by atoms with Crippen molar-refractivity contribution in [3.05, 3.63) is 24.3 Å². The molecule has 2 heterocycles. The van der Waals surface area contributed by atoms with Crippen LogP contribution in [0.5, 0.6) is 5.75 Å². The standard InChI is InChI=1S/C25H37N3O10S/c1-24(2,3)38-23(33)28(17-12-25(37-14-17)7-9-27(10-8-25)22(31)32)13-18(29)15-36-19-5-4-6-20(11-19)39(34,35)16-21(26)30/h4-6,11,17-18,29H,7-10,12-16H2,1-3H3,(H2,26,30)(H,31,32)/t17?,18-/m0/s1. The first kappa shape index (κ1) is 30.4. The van der Waals surface area contributed by atoms with Crippen molar-refractivity contribution in [2.24, 2.45) is 5.73 Å². The Morgan fingerprint density at radius 1 is 1.26 bits per heavy atom. The van der Waals surface area contributed by atoms with Crippen LogP contribution in [0.1, 0.15) is 40.0 Å². The van der Waals surface area contributed by atoms with Crippen LogP contribution in [0.2, 0.25) is 0 Å².